The third-order valence-electron chi connectivity index (χ3n) is 5.28. The van der Waals surface area contributed by atoms with E-state index in [0.29, 0.717) is 38.9 Å². The highest BCUT2D eigenvalue weighted by atomic mass is 32.1. The number of hydrogen-bond donors (Lipinski definition) is 2. The molecular weight excluding hydrogens is 386 g/mol. The number of H-pyrrole nitrogens is 1. The first-order valence-corrected chi connectivity index (χ1v) is 10.7. The van der Waals surface area contributed by atoms with Gasteiger partial charge in [-0.05, 0) is 24.5 Å². The molecule has 0 bridgehead atoms. The van der Waals surface area contributed by atoms with Gasteiger partial charge < -0.3 is 15.0 Å². The lowest BCUT2D eigenvalue weighted by molar-refractivity contribution is -0.718. The Kier molecular flexibility index (Phi) is 6.49. The minimum Gasteiger partial charge on any atom is -0.465 e. The van der Waals surface area contributed by atoms with E-state index in [9.17, 15) is 9.59 Å². The second kappa shape index (κ2) is 8.88. The van der Waals surface area contributed by atoms with Crippen molar-refractivity contribution >= 4 is 27.5 Å². The van der Waals surface area contributed by atoms with Gasteiger partial charge in [-0.2, -0.15) is 0 Å². The quantitative estimate of drug-likeness (QED) is 0.582. The van der Waals surface area contributed by atoms with E-state index in [2.05, 4.69) is 60.3 Å². The number of benzene rings is 1. The molecule has 154 valence electrons. The van der Waals surface area contributed by atoms with E-state index in [1.54, 1.807) is 6.92 Å². The molecule has 0 aliphatic heterocycles. The number of hydrogen-bond acceptors (Lipinski definition) is 5. The monoisotopic (exact) mass is 414 g/mol. The first-order chi connectivity index (χ1) is 13.8. The molecule has 0 aliphatic carbocycles. The second-order valence-corrected chi connectivity index (χ2v) is 8.54. The Bertz CT molecular complexity index is 1070. The summed E-state index contributed by atoms with van der Waals surface area (Å²) >= 11 is 1.21. The number of carbonyl (C=O) groups excluding carboxylic acids is 1. The van der Waals surface area contributed by atoms with Crippen LogP contribution in [0.3, 0.4) is 0 Å². The minimum absolute atomic E-state index is 0.212. The highest BCUT2D eigenvalue weighted by molar-refractivity contribution is 7.20. The van der Waals surface area contributed by atoms with Crippen LogP contribution in [0.4, 0.5) is 0 Å². The number of nitrogens with one attached hydrogen (secondary N) is 1. The van der Waals surface area contributed by atoms with Crippen molar-refractivity contribution in [2.75, 3.05) is 7.11 Å². The molecule has 0 fully saturated rings. The zero-order chi connectivity index (χ0) is 21.1. The predicted molar refractivity (Wildman–Crippen MR) is 115 cm³/mol. The van der Waals surface area contributed by atoms with Crippen LogP contribution in [0.5, 0.6) is 0 Å². The predicted octanol–water partition coefficient (Wildman–Crippen LogP) is 3.10. The first-order valence-electron chi connectivity index (χ1n) is 9.88. The second-order valence-electron chi connectivity index (χ2n) is 7.55. The van der Waals surface area contributed by atoms with E-state index in [1.165, 1.54) is 29.6 Å². The summed E-state index contributed by atoms with van der Waals surface area (Å²) in [4.78, 5) is 33.0. The SMILES string of the molecule is CCc1ccc([C@@H]([NH2+]Cc2nc3sc(C(=O)OC)c(C)c3c(=O)[nH]2)C(C)C)cc1. The zero-order valence-corrected chi connectivity index (χ0v) is 18.4. The molecule has 2 heterocycles. The van der Waals surface area contributed by atoms with Crippen LogP contribution in [-0.4, -0.2) is 23.0 Å². The van der Waals surface area contributed by atoms with Crippen molar-refractivity contribution in [1.82, 2.24) is 9.97 Å². The number of aromatic amines is 1. The molecular formula is C22H28N3O3S+. The third-order valence-corrected chi connectivity index (χ3v) is 6.44. The molecule has 3 aromatic rings. The van der Waals surface area contributed by atoms with Crippen LogP contribution in [-0.2, 0) is 17.7 Å². The third kappa shape index (κ3) is 4.41. The molecule has 0 saturated heterocycles. The van der Waals surface area contributed by atoms with Gasteiger partial charge in [0.15, 0.2) is 5.82 Å². The number of esters is 1. The Balaban J connectivity index is 1.86. The fraction of sp³-hybridized carbons (Fsp3) is 0.409. The molecule has 1 atom stereocenters. The highest BCUT2D eigenvalue weighted by Gasteiger charge is 2.22. The first kappa shape index (κ1) is 21.2. The fourth-order valence-electron chi connectivity index (χ4n) is 3.58. The van der Waals surface area contributed by atoms with Gasteiger partial charge in [0.25, 0.3) is 5.56 Å². The molecule has 1 aromatic carbocycles. The minimum atomic E-state index is -0.437. The van der Waals surface area contributed by atoms with Crippen molar-refractivity contribution in [3.8, 4) is 0 Å². The number of ether oxygens (including phenoxy) is 1. The number of quaternary nitrogens is 1. The summed E-state index contributed by atoms with van der Waals surface area (Å²) in [6.45, 7) is 8.84. The van der Waals surface area contributed by atoms with Gasteiger partial charge in [-0.3, -0.25) is 4.79 Å². The van der Waals surface area contributed by atoms with Gasteiger partial charge in [0.2, 0.25) is 0 Å². The number of nitrogens with two attached hydrogens (primary N) is 1. The maximum Gasteiger partial charge on any atom is 0.348 e. The topological polar surface area (TPSA) is 88.7 Å². The largest absolute Gasteiger partial charge is 0.465 e. The van der Waals surface area contributed by atoms with Crippen LogP contribution in [0.2, 0.25) is 0 Å². The fourth-order valence-corrected chi connectivity index (χ4v) is 4.70. The van der Waals surface area contributed by atoms with Gasteiger partial charge in [0.05, 0.1) is 12.5 Å². The van der Waals surface area contributed by atoms with Gasteiger partial charge in [0.1, 0.15) is 22.3 Å². The number of carbonyl (C=O) groups is 1. The maximum atomic E-state index is 12.6. The lowest BCUT2D eigenvalue weighted by atomic mass is 9.95. The van der Waals surface area contributed by atoms with Crippen LogP contribution < -0.4 is 10.9 Å². The number of rotatable bonds is 7. The summed E-state index contributed by atoms with van der Waals surface area (Å²) in [6.07, 6.45) is 1.02. The lowest BCUT2D eigenvalue weighted by Gasteiger charge is -2.19. The Morgan fingerprint density at radius 3 is 2.55 bits per heavy atom. The summed E-state index contributed by atoms with van der Waals surface area (Å²) < 4.78 is 4.81. The molecule has 6 nitrogen and oxygen atoms in total. The molecule has 29 heavy (non-hydrogen) atoms. The smallest absolute Gasteiger partial charge is 0.348 e. The average Bonchev–Trinajstić information content (AvgIpc) is 3.04. The van der Waals surface area contributed by atoms with Crippen molar-refractivity contribution in [1.29, 1.82) is 0 Å². The molecule has 2 aromatic heterocycles. The van der Waals surface area contributed by atoms with Crippen LogP contribution in [0.25, 0.3) is 10.2 Å². The summed E-state index contributed by atoms with van der Waals surface area (Å²) in [5, 5.41) is 2.67. The van der Waals surface area contributed by atoms with Gasteiger partial charge >= 0.3 is 5.97 Å². The van der Waals surface area contributed by atoms with E-state index in [0.717, 1.165) is 6.42 Å². The molecule has 3 rings (SSSR count). The van der Waals surface area contributed by atoms with Gasteiger partial charge in [0, 0.05) is 11.5 Å². The summed E-state index contributed by atoms with van der Waals surface area (Å²) in [7, 11) is 1.34. The van der Waals surface area contributed by atoms with Crippen molar-refractivity contribution < 1.29 is 14.8 Å². The van der Waals surface area contributed by atoms with Gasteiger partial charge in [-0.25, -0.2) is 9.78 Å². The van der Waals surface area contributed by atoms with Crippen molar-refractivity contribution in [3.63, 3.8) is 0 Å². The molecule has 3 N–H and O–H groups in total. The number of nitrogens with zero attached hydrogens (tertiary/aromatic N) is 1. The summed E-state index contributed by atoms with van der Waals surface area (Å²) in [5.74, 6) is 0.595. The van der Waals surface area contributed by atoms with E-state index in [4.69, 9.17) is 4.74 Å². The molecule has 0 radical (unpaired) electrons. The normalized spacial score (nSPS) is 12.5. The van der Waals surface area contributed by atoms with E-state index in [1.807, 2.05) is 0 Å². The number of methoxy groups -OCH3 is 1. The molecule has 0 unspecified atom stereocenters. The Hall–Kier alpha value is -2.51. The van der Waals surface area contributed by atoms with Crippen LogP contribution in [0.1, 0.15) is 59.0 Å². The molecule has 0 amide bonds. The Morgan fingerprint density at radius 2 is 1.97 bits per heavy atom. The number of aryl methyl sites for hydroxylation is 2. The number of fused-ring (bicyclic) bond motifs is 1. The number of thiophene rings is 1. The average molecular weight is 415 g/mol. The standard InChI is InChI=1S/C22H27N3O3S/c1-6-14-7-9-15(10-8-14)18(12(2)3)23-11-16-24-20(26)17-13(4)19(22(27)28-5)29-21(17)25-16/h7-10,12,18,23H,6,11H2,1-5H3,(H,24,25,26)/p+1/t18-/m0/s1. The van der Waals surface area contributed by atoms with E-state index < -0.39 is 5.97 Å². The van der Waals surface area contributed by atoms with Crippen LogP contribution in [0.15, 0.2) is 29.1 Å². The van der Waals surface area contributed by atoms with E-state index >= 15 is 0 Å². The van der Waals surface area contributed by atoms with Crippen molar-refractivity contribution in [2.24, 2.45) is 5.92 Å². The maximum absolute atomic E-state index is 12.6. The van der Waals surface area contributed by atoms with Crippen LogP contribution >= 0.6 is 11.3 Å². The molecule has 0 aliphatic rings. The van der Waals surface area contributed by atoms with Crippen LogP contribution in [0, 0.1) is 12.8 Å². The van der Waals surface area contributed by atoms with E-state index in [-0.39, 0.29) is 11.6 Å². The van der Waals surface area contributed by atoms with Gasteiger partial charge in [-0.15, -0.1) is 11.3 Å². The van der Waals surface area contributed by atoms with Crippen molar-refractivity contribution in [2.45, 2.75) is 46.7 Å². The highest BCUT2D eigenvalue weighted by Crippen LogP contribution is 2.27. The Labute approximate surface area is 174 Å². The lowest BCUT2D eigenvalue weighted by Crippen LogP contribution is -2.85. The zero-order valence-electron chi connectivity index (χ0n) is 17.5. The summed E-state index contributed by atoms with van der Waals surface area (Å²) in [6, 6.07) is 8.98. The Morgan fingerprint density at radius 1 is 1.28 bits per heavy atom. The molecule has 0 spiro atoms. The molecule has 7 heteroatoms. The van der Waals surface area contributed by atoms with Gasteiger partial charge in [-0.1, -0.05) is 45.0 Å². The molecule has 0 saturated carbocycles. The number of aromatic nitrogens is 2. The van der Waals surface area contributed by atoms with Crippen molar-refractivity contribution in [3.05, 3.63) is 62.0 Å². The summed E-state index contributed by atoms with van der Waals surface area (Å²) in [5.41, 5.74) is 3.00.